The molecule has 146 valence electrons. The smallest absolute Gasteiger partial charge is 0.321 e. The number of carbonyl (C=O) groups is 1. The van der Waals surface area contributed by atoms with Crippen LogP contribution in [0.3, 0.4) is 0 Å². The zero-order valence-electron chi connectivity index (χ0n) is 16.0. The lowest BCUT2D eigenvalue weighted by atomic mass is 9.86. The van der Waals surface area contributed by atoms with Gasteiger partial charge in [-0.3, -0.25) is 4.21 Å². The number of likely N-dealkylation sites (tertiary alicyclic amines) is 1. The van der Waals surface area contributed by atoms with Gasteiger partial charge < -0.3 is 10.2 Å². The van der Waals surface area contributed by atoms with E-state index in [1.807, 2.05) is 13.8 Å². The quantitative estimate of drug-likeness (QED) is 0.854. The molecule has 1 aliphatic heterocycles. The van der Waals surface area contributed by atoms with E-state index in [1.165, 1.54) is 12.4 Å². The van der Waals surface area contributed by atoms with Gasteiger partial charge in [-0.1, -0.05) is 0 Å². The molecule has 3 rings (SSSR count). The molecule has 1 saturated heterocycles. The van der Waals surface area contributed by atoms with Crippen molar-refractivity contribution < 1.29 is 9.00 Å². The normalized spacial score (nSPS) is 16.2. The molecule has 7 nitrogen and oxygen atoms in total. The van der Waals surface area contributed by atoms with E-state index >= 15 is 0 Å². The lowest BCUT2D eigenvalue weighted by Gasteiger charge is -2.40. The third kappa shape index (κ3) is 4.37. The standard InChI is InChI=1S/C20H23N5O2S/c1-20(2,28(27)18-5-3-15(13-21)4-6-18)16-8-11-25(12-9-16)19(26)24-17-7-10-22-23-14-17/h3-7,10,14,16H,8-9,11-12H2,1-2H3,(H,22,24,26). The number of rotatable bonds is 4. The Balaban J connectivity index is 1.60. The molecular formula is C20H23N5O2S. The lowest BCUT2D eigenvalue weighted by molar-refractivity contribution is 0.172. The Bertz CT molecular complexity index is 885. The number of urea groups is 1. The van der Waals surface area contributed by atoms with Gasteiger partial charge in [-0.05, 0) is 62.9 Å². The van der Waals surface area contributed by atoms with E-state index in [4.69, 9.17) is 5.26 Å². The van der Waals surface area contributed by atoms with Gasteiger partial charge in [0.1, 0.15) is 0 Å². The first-order valence-electron chi connectivity index (χ1n) is 9.16. The maximum absolute atomic E-state index is 13.1. The predicted octanol–water partition coefficient (Wildman–Crippen LogP) is 3.18. The summed E-state index contributed by atoms with van der Waals surface area (Å²) in [5.74, 6) is 0.232. The van der Waals surface area contributed by atoms with Crippen molar-refractivity contribution >= 4 is 22.5 Å². The van der Waals surface area contributed by atoms with E-state index < -0.39 is 15.5 Å². The van der Waals surface area contributed by atoms with Crippen LogP contribution in [0, 0.1) is 17.2 Å². The van der Waals surface area contributed by atoms with Crippen molar-refractivity contribution in [2.24, 2.45) is 5.92 Å². The first-order chi connectivity index (χ1) is 13.4. The van der Waals surface area contributed by atoms with Crippen LogP contribution in [-0.2, 0) is 10.8 Å². The highest BCUT2D eigenvalue weighted by atomic mass is 32.2. The molecule has 0 saturated carbocycles. The maximum Gasteiger partial charge on any atom is 0.321 e. The Labute approximate surface area is 167 Å². The molecule has 8 heteroatoms. The van der Waals surface area contributed by atoms with Crippen molar-refractivity contribution in [3.63, 3.8) is 0 Å². The fourth-order valence-corrected chi connectivity index (χ4v) is 4.98. The second kappa shape index (κ2) is 8.48. The average Bonchev–Trinajstić information content (AvgIpc) is 2.74. The Morgan fingerprint density at radius 3 is 2.46 bits per heavy atom. The van der Waals surface area contributed by atoms with Crippen molar-refractivity contribution in [1.82, 2.24) is 15.1 Å². The summed E-state index contributed by atoms with van der Waals surface area (Å²) in [7, 11) is -1.20. The van der Waals surface area contributed by atoms with Crippen molar-refractivity contribution in [3.8, 4) is 6.07 Å². The van der Waals surface area contributed by atoms with Crippen molar-refractivity contribution in [1.29, 1.82) is 5.26 Å². The number of hydrogen-bond acceptors (Lipinski definition) is 5. The first-order valence-corrected chi connectivity index (χ1v) is 10.3. The zero-order valence-corrected chi connectivity index (χ0v) is 16.8. The predicted molar refractivity (Wildman–Crippen MR) is 107 cm³/mol. The van der Waals surface area contributed by atoms with Gasteiger partial charge in [0.15, 0.2) is 0 Å². The van der Waals surface area contributed by atoms with Crippen LogP contribution >= 0.6 is 0 Å². The number of nitrogens with one attached hydrogen (secondary N) is 1. The number of aromatic nitrogens is 2. The minimum absolute atomic E-state index is 0.155. The van der Waals surface area contributed by atoms with Gasteiger partial charge in [-0.2, -0.15) is 15.5 Å². The van der Waals surface area contributed by atoms with Crippen molar-refractivity contribution in [2.75, 3.05) is 18.4 Å². The second-order valence-electron chi connectivity index (χ2n) is 7.33. The molecular weight excluding hydrogens is 374 g/mol. The van der Waals surface area contributed by atoms with Crippen LogP contribution in [0.25, 0.3) is 0 Å². The molecule has 1 unspecified atom stereocenters. The topological polar surface area (TPSA) is 99.0 Å². The molecule has 2 heterocycles. The van der Waals surface area contributed by atoms with E-state index in [2.05, 4.69) is 21.6 Å². The molecule has 1 aliphatic rings. The fraction of sp³-hybridized carbons (Fsp3) is 0.400. The highest BCUT2D eigenvalue weighted by Crippen LogP contribution is 2.35. The Hall–Kier alpha value is -2.79. The molecule has 0 spiro atoms. The average molecular weight is 398 g/mol. The molecule has 0 bridgehead atoms. The molecule has 1 aromatic heterocycles. The molecule has 1 N–H and O–H groups in total. The summed E-state index contributed by atoms with van der Waals surface area (Å²) < 4.78 is 12.7. The summed E-state index contributed by atoms with van der Waals surface area (Å²) in [6.07, 6.45) is 4.62. The molecule has 0 aliphatic carbocycles. The van der Waals surface area contributed by atoms with Crippen molar-refractivity contribution in [2.45, 2.75) is 36.3 Å². The number of hydrogen-bond donors (Lipinski definition) is 1. The van der Waals surface area contributed by atoms with Crippen LogP contribution in [0.2, 0.25) is 0 Å². The molecule has 1 aromatic carbocycles. The molecule has 0 radical (unpaired) electrons. The zero-order chi connectivity index (χ0) is 20.1. The molecule has 2 amide bonds. The maximum atomic E-state index is 13.1. The summed E-state index contributed by atoms with van der Waals surface area (Å²) in [5.41, 5.74) is 1.17. The van der Waals surface area contributed by atoms with E-state index in [1.54, 1.807) is 35.2 Å². The van der Waals surface area contributed by atoms with Crippen LogP contribution in [0.15, 0.2) is 47.6 Å². The van der Waals surface area contributed by atoms with Gasteiger partial charge in [-0.25, -0.2) is 4.79 Å². The largest absolute Gasteiger partial charge is 0.325 e. The van der Waals surface area contributed by atoms with E-state index in [9.17, 15) is 9.00 Å². The Morgan fingerprint density at radius 2 is 1.89 bits per heavy atom. The van der Waals surface area contributed by atoms with Gasteiger partial charge in [0.25, 0.3) is 0 Å². The Morgan fingerprint density at radius 1 is 1.21 bits per heavy atom. The minimum atomic E-state index is -1.20. The van der Waals surface area contributed by atoms with E-state index in [0.29, 0.717) is 24.3 Å². The number of nitrogens with zero attached hydrogens (tertiary/aromatic N) is 4. The minimum Gasteiger partial charge on any atom is -0.325 e. The monoisotopic (exact) mass is 397 g/mol. The summed E-state index contributed by atoms with van der Waals surface area (Å²) >= 11 is 0. The molecule has 2 aromatic rings. The fourth-order valence-electron chi connectivity index (χ4n) is 3.45. The van der Waals surface area contributed by atoms with E-state index in [-0.39, 0.29) is 11.9 Å². The molecule has 28 heavy (non-hydrogen) atoms. The summed E-state index contributed by atoms with van der Waals surface area (Å²) in [5, 5.41) is 19.2. The number of benzene rings is 1. The summed E-state index contributed by atoms with van der Waals surface area (Å²) in [4.78, 5) is 14.9. The lowest BCUT2D eigenvalue weighted by Crippen LogP contribution is -2.47. The number of carbonyl (C=O) groups excluding carboxylic acids is 1. The van der Waals surface area contributed by atoms with E-state index in [0.717, 1.165) is 17.7 Å². The second-order valence-corrected chi connectivity index (χ2v) is 9.39. The molecule has 1 atom stereocenters. The third-order valence-corrected chi connectivity index (χ3v) is 7.27. The summed E-state index contributed by atoms with van der Waals surface area (Å²) in [6, 6.07) is 10.5. The Kier molecular flexibility index (Phi) is 6.05. The highest BCUT2D eigenvalue weighted by molar-refractivity contribution is 7.86. The van der Waals surface area contributed by atoms with Crippen LogP contribution in [0.1, 0.15) is 32.3 Å². The highest BCUT2D eigenvalue weighted by Gasteiger charge is 2.38. The van der Waals surface area contributed by atoms with Crippen LogP contribution in [0.4, 0.5) is 10.5 Å². The SMILES string of the molecule is CC(C)(C1CCN(C(=O)Nc2ccnnc2)CC1)S(=O)c1ccc(C#N)cc1. The van der Waals surface area contributed by atoms with Crippen LogP contribution < -0.4 is 5.32 Å². The number of nitriles is 1. The van der Waals surface area contributed by atoms with Gasteiger partial charge in [0.05, 0.1) is 40.5 Å². The van der Waals surface area contributed by atoms with Gasteiger partial charge in [0, 0.05) is 22.7 Å². The summed E-state index contributed by atoms with van der Waals surface area (Å²) in [6.45, 7) is 5.26. The van der Waals surface area contributed by atoms with Gasteiger partial charge in [-0.15, -0.1) is 0 Å². The van der Waals surface area contributed by atoms with Gasteiger partial charge >= 0.3 is 6.03 Å². The first kappa shape index (κ1) is 20.0. The number of piperidine rings is 1. The molecule has 1 fully saturated rings. The number of amides is 2. The third-order valence-electron chi connectivity index (χ3n) is 5.28. The van der Waals surface area contributed by atoms with Crippen molar-refractivity contribution in [3.05, 3.63) is 48.3 Å². The van der Waals surface area contributed by atoms with Crippen LogP contribution in [0.5, 0.6) is 0 Å². The number of anilines is 1. The van der Waals surface area contributed by atoms with Gasteiger partial charge in [0.2, 0.25) is 0 Å². The van der Waals surface area contributed by atoms with Crippen LogP contribution in [-0.4, -0.2) is 43.2 Å².